The van der Waals surface area contributed by atoms with Crippen molar-refractivity contribution in [3.8, 4) is 5.88 Å². The Morgan fingerprint density at radius 1 is 1.20 bits per heavy atom. The maximum Gasteiger partial charge on any atom is 0.451 e. The van der Waals surface area contributed by atoms with E-state index in [-0.39, 0.29) is 36.9 Å². The van der Waals surface area contributed by atoms with Crippen molar-refractivity contribution in [2.45, 2.75) is 19.3 Å². The molecule has 8 nitrogen and oxygen atoms in total. The van der Waals surface area contributed by atoms with E-state index in [1.54, 1.807) is 11.0 Å². The summed E-state index contributed by atoms with van der Waals surface area (Å²) in [6.07, 6.45) is -4.54. The summed E-state index contributed by atoms with van der Waals surface area (Å²) in [4.78, 5) is 17.6. The number of hydrogen-bond donors (Lipinski definition) is 0. The summed E-state index contributed by atoms with van der Waals surface area (Å²) in [5.41, 5.74) is 0.160. The van der Waals surface area contributed by atoms with Gasteiger partial charge >= 0.3 is 12.1 Å². The number of nitrogens with zero attached hydrogens (tertiary/aromatic N) is 5. The molecular weight excluding hydrogens is 343 g/mol. The van der Waals surface area contributed by atoms with E-state index in [2.05, 4.69) is 19.9 Å². The van der Waals surface area contributed by atoms with Crippen molar-refractivity contribution in [1.29, 1.82) is 0 Å². The van der Waals surface area contributed by atoms with Crippen LogP contribution in [0.4, 0.5) is 19.0 Å². The van der Waals surface area contributed by atoms with E-state index in [9.17, 15) is 18.0 Å². The molecule has 1 aliphatic rings. The van der Waals surface area contributed by atoms with Gasteiger partial charge in [0, 0.05) is 13.1 Å². The number of esters is 1. The summed E-state index contributed by atoms with van der Waals surface area (Å²) >= 11 is 0. The molecule has 3 heterocycles. The molecule has 0 atom stereocenters. The number of carbonyl (C=O) groups is 1. The lowest BCUT2D eigenvalue weighted by atomic mass is 10.2. The number of ether oxygens (including phenoxy) is 2. The predicted molar refractivity (Wildman–Crippen MR) is 78.2 cm³/mol. The van der Waals surface area contributed by atoms with Gasteiger partial charge in [-0.2, -0.15) is 18.2 Å². The van der Waals surface area contributed by atoms with Gasteiger partial charge in [0.1, 0.15) is 11.4 Å². The molecule has 0 bridgehead atoms. The number of fused-ring (bicyclic) bond motifs is 1. The van der Waals surface area contributed by atoms with Crippen LogP contribution in [0.15, 0.2) is 12.1 Å². The number of alkyl halides is 3. The van der Waals surface area contributed by atoms with Gasteiger partial charge in [-0.05, 0) is 12.1 Å². The second-order valence-electron chi connectivity index (χ2n) is 5.23. The fourth-order valence-electron chi connectivity index (χ4n) is 2.59. The van der Waals surface area contributed by atoms with Crippen molar-refractivity contribution in [1.82, 2.24) is 19.7 Å². The number of anilines is 1. The molecule has 11 heteroatoms. The zero-order valence-electron chi connectivity index (χ0n) is 13.4. The Bertz CT molecular complexity index is 805. The first-order valence-electron chi connectivity index (χ1n) is 7.22. The van der Waals surface area contributed by atoms with Crippen LogP contribution >= 0.6 is 0 Å². The van der Waals surface area contributed by atoms with E-state index < -0.39 is 18.0 Å². The number of methoxy groups -OCH3 is 2. The van der Waals surface area contributed by atoms with E-state index in [1.165, 1.54) is 20.3 Å². The van der Waals surface area contributed by atoms with Gasteiger partial charge in [-0.25, -0.2) is 4.79 Å². The van der Waals surface area contributed by atoms with E-state index in [0.29, 0.717) is 5.82 Å². The molecule has 0 unspecified atom stereocenters. The number of aromatic nitrogens is 4. The van der Waals surface area contributed by atoms with Crippen LogP contribution in [-0.2, 0) is 24.0 Å². The zero-order chi connectivity index (χ0) is 18.2. The van der Waals surface area contributed by atoms with Crippen LogP contribution in [0.5, 0.6) is 5.88 Å². The van der Waals surface area contributed by atoms with Crippen molar-refractivity contribution in [3.63, 3.8) is 0 Å². The molecule has 0 spiro atoms. The Morgan fingerprint density at radius 2 is 1.96 bits per heavy atom. The third-order valence-corrected chi connectivity index (χ3v) is 3.77. The third-order valence-electron chi connectivity index (χ3n) is 3.77. The Balaban J connectivity index is 1.87. The van der Waals surface area contributed by atoms with Crippen molar-refractivity contribution < 1.29 is 27.4 Å². The molecule has 1 aliphatic heterocycles. The van der Waals surface area contributed by atoms with Crippen molar-refractivity contribution in [2.75, 3.05) is 25.7 Å². The summed E-state index contributed by atoms with van der Waals surface area (Å²) in [6.45, 7) is 0.457. The summed E-state index contributed by atoms with van der Waals surface area (Å²) in [5.74, 6) is -0.881. The van der Waals surface area contributed by atoms with Gasteiger partial charge in [0.2, 0.25) is 11.7 Å². The molecule has 0 amide bonds. The smallest absolute Gasteiger partial charge is 0.451 e. The Morgan fingerprint density at radius 3 is 2.60 bits per heavy atom. The van der Waals surface area contributed by atoms with Crippen molar-refractivity contribution in [2.24, 2.45) is 0 Å². The molecule has 0 fully saturated rings. The highest BCUT2D eigenvalue weighted by Crippen LogP contribution is 2.30. The molecule has 0 saturated heterocycles. The summed E-state index contributed by atoms with van der Waals surface area (Å²) < 4.78 is 49.4. The SMILES string of the molecule is COC(=O)c1ccc(N2CCn3c(nnc3C(F)(F)F)C2)nc1OC. The van der Waals surface area contributed by atoms with E-state index in [4.69, 9.17) is 4.74 Å². The molecule has 0 radical (unpaired) electrons. The fraction of sp³-hybridized carbons (Fsp3) is 0.429. The number of hydrogen-bond acceptors (Lipinski definition) is 7. The van der Waals surface area contributed by atoms with Crippen LogP contribution in [0.25, 0.3) is 0 Å². The lowest BCUT2D eigenvalue weighted by Crippen LogP contribution is -2.35. The van der Waals surface area contributed by atoms with Crippen LogP contribution in [0.1, 0.15) is 22.0 Å². The predicted octanol–water partition coefficient (Wildman–Crippen LogP) is 1.51. The molecule has 25 heavy (non-hydrogen) atoms. The van der Waals surface area contributed by atoms with E-state index in [1.807, 2.05) is 0 Å². The average molecular weight is 357 g/mol. The minimum atomic E-state index is -4.54. The highest BCUT2D eigenvalue weighted by Gasteiger charge is 2.39. The number of rotatable bonds is 3. The van der Waals surface area contributed by atoms with Gasteiger partial charge in [0.25, 0.3) is 0 Å². The highest BCUT2D eigenvalue weighted by atomic mass is 19.4. The second kappa shape index (κ2) is 6.22. The molecule has 0 N–H and O–H groups in total. The first-order valence-corrected chi connectivity index (χ1v) is 7.22. The van der Waals surface area contributed by atoms with Gasteiger partial charge in [0.05, 0.1) is 20.8 Å². The summed E-state index contributed by atoms with van der Waals surface area (Å²) in [6, 6.07) is 3.07. The highest BCUT2D eigenvalue weighted by molar-refractivity contribution is 5.92. The molecule has 134 valence electrons. The lowest BCUT2D eigenvalue weighted by molar-refractivity contribution is -0.147. The minimum Gasteiger partial charge on any atom is -0.480 e. The largest absolute Gasteiger partial charge is 0.480 e. The van der Waals surface area contributed by atoms with Gasteiger partial charge in [-0.15, -0.1) is 10.2 Å². The summed E-state index contributed by atoms with van der Waals surface area (Å²) in [5, 5.41) is 6.85. The number of carbonyl (C=O) groups excluding carboxylic acids is 1. The zero-order valence-corrected chi connectivity index (χ0v) is 13.4. The molecule has 2 aromatic rings. The van der Waals surface area contributed by atoms with Gasteiger partial charge < -0.3 is 18.9 Å². The van der Waals surface area contributed by atoms with Crippen LogP contribution < -0.4 is 9.64 Å². The van der Waals surface area contributed by atoms with Gasteiger partial charge in [-0.3, -0.25) is 0 Å². The molecule has 0 saturated carbocycles. The topological polar surface area (TPSA) is 82.4 Å². The second-order valence-corrected chi connectivity index (χ2v) is 5.23. The normalized spacial score (nSPS) is 14.2. The van der Waals surface area contributed by atoms with Crippen molar-refractivity contribution >= 4 is 11.8 Å². The molecular formula is C14H14F3N5O3. The Kier molecular flexibility index (Phi) is 4.23. The number of halogens is 3. The van der Waals surface area contributed by atoms with Crippen LogP contribution in [-0.4, -0.2) is 46.5 Å². The third kappa shape index (κ3) is 3.08. The van der Waals surface area contributed by atoms with Gasteiger partial charge in [0.15, 0.2) is 5.82 Å². The Hall–Kier alpha value is -2.85. The molecule has 0 aliphatic carbocycles. The first kappa shape index (κ1) is 17.0. The van der Waals surface area contributed by atoms with E-state index >= 15 is 0 Å². The molecule has 2 aromatic heterocycles. The maximum atomic E-state index is 12.9. The average Bonchev–Trinajstić information content (AvgIpc) is 3.03. The van der Waals surface area contributed by atoms with Crippen molar-refractivity contribution in [3.05, 3.63) is 29.3 Å². The quantitative estimate of drug-likeness (QED) is 0.770. The number of pyridine rings is 1. The fourth-order valence-corrected chi connectivity index (χ4v) is 2.59. The van der Waals surface area contributed by atoms with Crippen LogP contribution in [0.2, 0.25) is 0 Å². The monoisotopic (exact) mass is 357 g/mol. The Labute approximate surface area is 140 Å². The first-order chi connectivity index (χ1) is 11.8. The molecule has 0 aromatic carbocycles. The summed E-state index contributed by atoms with van der Waals surface area (Å²) in [7, 11) is 2.60. The minimum absolute atomic E-state index is 0.0694. The van der Waals surface area contributed by atoms with Crippen LogP contribution in [0, 0.1) is 0 Å². The molecule has 3 rings (SSSR count). The lowest BCUT2D eigenvalue weighted by Gasteiger charge is -2.29. The van der Waals surface area contributed by atoms with Crippen LogP contribution in [0.3, 0.4) is 0 Å². The maximum absolute atomic E-state index is 12.9. The standard InChI is InChI=1S/C14H14F3N5O3/c1-24-11-8(12(23)25-2)3-4-9(18-11)21-5-6-22-10(7-21)19-20-13(22)14(15,16)17/h3-4H,5-7H2,1-2H3. The van der Waals surface area contributed by atoms with Gasteiger partial charge in [-0.1, -0.05) is 0 Å². The van der Waals surface area contributed by atoms with E-state index in [0.717, 1.165) is 4.57 Å².